The number of halogens is 2. The second-order valence-electron chi connectivity index (χ2n) is 4.87. The van der Waals surface area contributed by atoms with Crippen LogP contribution < -0.4 is 5.32 Å². The molecular formula is C17H21F2NO. The van der Waals surface area contributed by atoms with Crippen LogP contribution in [-0.4, -0.2) is 18.6 Å². The maximum atomic E-state index is 13.6. The van der Waals surface area contributed by atoms with E-state index in [1.165, 1.54) is 24.3 Å². The van der Waals surface area contributed by atoms with E-state index in [2.05, 4.69) is 11.9 Å². The molecule has 21 heavy (non-hydrogen) atoms. The molecule has 0 aromatic heterocycles. The lowest BCUT2D eigenvalue weighted by atomic mass is 10.0. The molecule has 0 radical (unpaired) electrons. The van der Waals surface area contributed by atoms with Gasteiger partial charge < -0.3 is 5.32 Å². The molecule has 0 aliphatic rings. The average molecular weight is 293 g/mol. The number of allylic oxidation sites excluding steroid dienone is 3. The number of alkyl halides is 1. The smallest absolute Gasteiger partial charge is 0.251 e. The Morgan fingerprint density at radius 1 is 1.38 bits per heavy atom. The van der Waals surface area contributed by atoms with Crippen molar-refractivity contribution in [2.24, 2.45) is 0 Å². The Bertz CT molecular complexity index is 538. The average Bonchev–Trinajstić information content (AvgIpc) is 2.44. The van der Waals surface area contributed by atoms with Crippen molar-refractivity contribution in [3.63, 3.8) is 0 Å². The van der Waals surface area contributed by atoms with Gasteiger partial charge in [0.2, 0.25) is 0 Å². The summed E-state index contributed by atoms with van der Waals surface area (Å²) in [6, 6.07) is 4.04. The first-order valence-corrected chi connectivity index (χ1v) is 7.00. The molecule has 0 aliphatic heterocycles. The molecule has 4 heteroatoms. The molecule has 0 saturated heterocycles. The molecule has 0 saturated carbocycles. The predicted octanol–water partition coefficient (Wildman–Crippen LogP) is 4.28. The van der Waals surface area contributed by atoms with Crippen LogP contribution in [0.25, 0.3) is 5.57 Å². The van der Waals surface area contributed by atoms with Crippen molar-refractivity contribution < 1.29 is 13.6 Å². The van der Waals surface area contributed by atoms with Crippen LogP contribution in [-0.2, 0) is 0 Å². The number of carbonyl (C=O) groups excluding carboxylic acids is 1. The van der Waals surface area contributed by atoms with Crippen LogP contribution >= 0.6 is 0 Å². The molecule has 1 atom stereocenters. The fourth-order valence-electron chi connectivity index (χ4n) is 1.88. The lowest BCUT2D eigenvalue weighted by molar-refractivity contribution is 0.0953. The first kappa shape index (κ1) is 17.1. The van der Waals surface area contributed by atoms with E-state index in [9.17, 15) is 13.6 Å². The summed E-state index contributed by atoms with van der Waals surface area (Å²) in [6.07, 6.45) is 2.74. The molecule has 114 valence electrons. The van der Waals surface area contributed by atoms with E-state index < -0.39 is 12.0 Å². The van der Waals surface area contributed by atoms with Crippen molar-refractivity contribution in [3.05, 3.63) is 53.9 Å². The summed E-state index contributed by atoms with van der Waals surface area (Å²) in [5.41, 5.74) is 1.34. The molecule has 0 aliphatic carbocycles. The number of hydrogen-bond acceptors (Lipinski definition) is 1. The minimum Gasteiger partial charge on any atom is -0.352 e. The van der Waals surface area contributed by atoms with Crippen LogP contribution in [0.5, 0.6) is 0 Å². The van der Waals surface area contributed by atoms with Crippen LogP contribution in [0.1, 0.15) is 42.6 Å². The Hall–Kier alpha value is -1.97. The summed E-state index contributed by atoms with van der Waals surface area (Å²) in [7, 11) is 0. The SMILES string of the molecule is C=CCC(F)/C=C(\C)c1cc(F)cc(C(=O)NCCC)c1. The number of benzene rings is 1. The van der Waals surface area contributed by atoms with Crippen LogP contribution in [0.3, 0.4) is 0 Å². The zero-order valence-electron chi connectivity index (χ0n) is 12.5. The van der Waals surface area contributed by atoms with Crippen molar-refractivity contribution in [1.82, 2.24) is 5.32 Å². The molecule has 0 spiro atoms. The van der Waals surface area contributed by atoms with Crippen molar-refractivity contribution in [2.75, 3.05) is 6.54 Å². The highest BCUT2D eigenvalue weighted by molar-refractivity contribution is 5.95. The third kappa shape index (κ3) is 5.50. The second-order valence-corrected chi connectivity index (χ2v) is 4.87. The van der Waals surface area contributed by atoms with Gasteiger partial charge in [0, 0.05) is 12.1 Å². The van der Waals surface area contributed by atoms with Gasteiger partial charge in [0.25, 0.3) is 5.91 Å². The summed E-state index contributed by atoms with van der Waals surface area (Å²) in [6.45, 7) is 7.64. The van der Waals surface area contributed by atoms with Gasteiger partial charge in [0.1, 0.15) is 12.0 Å². The molecule has 1 N–H and O–H groups in total. The molecule has 1 amide bonds. The van der Waals surface area contributed by atoms with Crippen LogP contribution in [0.4, 0.5) is 8.78 Å². The maximum absolute atomic E-state index is 13.6. The van der Waals surface area contributed by atoms with Gasteiger partial charge in [-0.05, 0) is 55.2 Å². The zero-order valence-corrected chi connectivity index (χ0v) is 12.5. The van der Waals surface area contributed by atoms with E-state index in [0.717, 1.165) is 6.42 Å². The van der Waals surface area contributed by atoms with Crippen LogP contribution in [0, 0.1) is 5.82 Å². The van der Waals surface area contributed by atoms with E-state index >= 15 is 0 Å². The summed E-state index contributed by atoms with van der Waals surface area (Å²) < 4.78 is 27.2. The fourth-order valence-corrected chi connectivity index (χ4v) is 1.88. The minimum absolute atomic E-state index is 0.205. The summed E-state index contributed by atoms with van der Waals surface area (Å²) in [5.74, 6) is -0.839. The fraction of sp³-hybridized carbons (Fsp3) is 0.353. The number of carbonyl (C=O) groups is 1. The Labute approximate surface area is 124 Å². The van der Waals surface area contributed by atoms with E-state index in [0.29, 0.717) is 17.7 Å². The van der Waals surface area contributed by atoms with Crippen molar-refractivity contribution >= 4 is 11.5 Å². The van der Waals surface area contributed by atoms with Gasteiger partial charge in [0.05, 0.1) is 0 Å². The van der Waals surface area contributed by atoms with Gasteiger partial charge in [0.15, 0.2) is 0 Å². The highest BCUT2D eigenvalue weighted by atomic mass is 19.1. The second kappa shape index (κ2) is 8.35. The summed E-state index contributed by atoms with van der Waals surface area (Å²) in [4.78, 5) is 11.9. The number of rotatable bonds is 7. The van der Waals surface area contributed by atoms with E-state index in [4.69, 9.17) is 0 Å². The lowest BCUT2D eigenvalue weighted by Gasteiger charge is -2.08. The number of hydrogen-bond donors (Lipinski definition) is 1. The summed E-state index contributed by atoms with van der Waals surface area (Å²) in [5, 5.41) is 2.69. The Balaban J connectivity index is 3.00. The Morgan fingerprint density at radius 2 is 2.05 bits per heavy atom. The van der Waals surface area contributed by atoms with Gasteiger partial charge in [-0.25, -0.2) is 8.78 Å². The first-order valence-electron chi connectivity index (χ1n) is 7.00. The highest BCUT2D eigenvalue weighted by Crippen LogP contribution is 2.19. The Morgan fingerprint density at radius 3 is 2.67 bits per heavy atom. The first-order chi connectivity index (χ1) is 9.97. The van der Waals surface area contributed by atoms with Gasteiger partial charge in [-0.2, -0.15) is 0 Å². The predicted molar refractivity (Wildman–Crippen MR) is 82.4 cm³/mol. The number of amides is 1. The van der Waals surface area contributed by atoms with Gasteiger partial charge >= 0.3 is 0 Å². The third-order valence-corrected chi connectivity index (χ3v) is 2.97. The molecular weight excluding hydrogens is 272 g/mol. The molecule has 1 unspecified atom stereocenters. The monoisotopic (exact) mass is 293 g/mol. The van der Waals surface area contributed by atoms with Gasteiger partial charge in [-0.3, -0.25) is 4.79 Å². The largest absolute Gasteiger partial charge is 0.352 e. The van der Waals surface area contributed by atoms with Crippen molar-refractivity contribution in [2.45, 2.75) is 32.9 Å². The van der Waals surface area contributed by atoms with Crippen molar-refractivity contribution in [1.29, 1.82) is 0 Å². The standard InChI is InChI=1S/C17H21F2NO/c1-4-6-15(18)8-12(3)13-9-14(11-16(19)10-13)17(21)20-7-5-2/h4,8-11,15H,1,5-7H2,2-3H3,(H,20,21)/b12-8+. The normalized spacial score (nSPS) is 12.9. The topological polar surface area (TPSA) is 29.1 Å². The van der Waals surface area contributed by atoms with Gasteiger partial charge in [-0.1, -0.05) is 13.0 Å². The molecule has 0 fully saturated rings. The van der Waals surface area contributed by atoms with Crippen molar-refractivity contribution in [3.8, 4) is 0 Å². The third-order valence-electron chi connectivity index (χ3n) is 2.97. The van der Waals surface area contributed by atoms with Crippen LogP contribution in [0.15, 0.2) is 36.9 Å². The molecule has 1 aromatic carbocycles. The lowest BCUT2D eigenvalue weighted by Crippen LogP contribution is -2.24. The molecule has 0 heterocycles. The van der Waals surface area contributed by atoms with Crippen LogP contribution in [0.2, 0.25) is 0 Å². The van der Waals surface area contributed by atoms with E-state index in [1.54, 1.807) is 13.0 Å². The minimum atomic E-state index is -1.16. The molecule has 1 rings (SSSR count). The Kier molecular flexibility index (Phi) is 6.79. The maximum Gasteiger partial charge on any atom is 0.251 e. The molecule has 0 bridgehead atoms. The summed E-state index contributed by atoms with van der Waals surface area (Å²) >= 11 is 0. The number of nitrogens with one attached hydrogen (secondary N) is 1. The zero-order chi connectivity index (χ0) is 15.8. The molecule has 2 nitrogen and oxygen atoms in total. The highest BCUT2D eigenvalue weighted by Gasteiger charge is 2.10. The van der Waals surface area contributed by atoms with E-state index in [-0.39, 0.29) is 17.9 Å². The molecule has 1 aromatic rings. The van der Waals surface area contributed by atoms with Gasteiger partial charge in [-0.15, -0.1) is 6.58 Å². The quantitative estimate of drug-likeness (QED) is 0.747. The van der Waals surface area contributed by atoms with E-state index in [1.807, 2.05) is 6.92 Å².